The summed E-state index contributed by atoms with van der Waals surface area (Å²) in [4.78, 5) is 16.0. The molecule has 9 heteroatoms. The highest BCUT2D eigenvalue weighted by Gasteiger charge is 2.38. The molecule has 3 rings (SSSR count). The molecule has 2 atom stereocenters. The van der Waals surface area contributed by atoms with Gasteiger partial charge < -0.3 is 24.2 Å². The fraction of sp³-hybridized carbons (Fsp3) is 0.500. The predicted octanol–water partition coefficient (Wildman–Crippen LogP) is 3.68. The number of para-hydroxylation sites is 1. The highest BCUT2D eigenvalue weighted by molar-refractivity contribution is 6.74. The Hall–Kier alpha value is -2.23. The van der Waals surface area contributed by atoms with Crippen molar-refractivity contribution in [3.05, 3.63) is 47.8 Å². The summed E-state index contributed by atoms with van der Waals surface area (Å²) in [5, 5.41) is 12.2. The average Bonchev–Trinajstić information content (AvgIpc) is 3.25. The minimum Gasteiger partial charge on any atom is -0.441 e. The fourth-order valence-corrected chi connectivity index (χ4v) is 3.91. The van der Waals surface area contributed by atoms with Gasteiger partial charge in [0.25, 0.3) is 0 Å². The number of ether oxygens (including phenoxy) is 1. The number of benzene rings is 1. The quantitative estimate of drug-likeness (QED) is 0.695. The first kappa shape index (κ1) is 21.5. The first-order chi connectivity index (χ1) is 13.5. The molecule has 2 unspecified atom stereocenters. The van der Waals surface area contributed by atoms with Crippen LogP contribution in [0.1, 0.15) is 38.1 Å². The lowest BCUT2D eigenvalue weighted by molar-refractivity contribution is 0.0828. The van der Waals surface area contributed by atoms with E-state index in [9.17, 15) is 14.3 Å². The van der Waals surface area contributed by atoms with E-state index < -0.39 is 32.4 Å². The molecule has 2 aromatic rings. The second-order valence-corrected chi connectivity index (χ2v) is 13.6. The number of hydrogen-bond donors (Lipinski definition) is 2. The molecule has 1 fully saturated rings. The van der Waals surface area contributed by atoms with Crippen LogP contribution in [0.15, 0.2) is 30.7 Å². The van der Waals surface area contributed by atoms with Gasteiger partial charge >= 0.3 is 6.09 Å². The molecule has 1 aromatic heterocycles. The van der Waals surface area contributed by atoms with Crippen molar-refractivity contribution in [1.82, 2.24) is 14.9 Å². The van der Waals surface area contributed by atoms with Crippen molar-refractivity contribution < 1.29 is 23.5 Å². The van der Waals surface area contributed by atoms with Gasteiger partial charge in [-0.1, -0.05) is 32.9 Å². The maximum atomic E-state index is 14.8. The van der Waals surface area contributed by atoms with Crippen molar-refractivity contribution in [2.75, 3.05) is 6.61 Å². The maximum absolute atomic E-state index is 14.8. The topological polar surface area (TPSA) is 85.6 Å². The molecule has 1 saturated heterocycles. The van der Waals surface area contributed by atoms with Crippen LogP contribution in [-0.2, 0) is 15.8 Å². The van der Waals surface area contributed by atoms with E-state index in [0.717, 1.165) is 0 Å². The number of halogens is 1. The number of amides is 1. The molecule has 0 bridgehead atoms. The largest absolute Gasteiger partial charge is 0.441 e. The molecule has 1 aliphatic heterocycles. The number of cyclic esters (lactones) is 1. The van der Waals surface area contributed by atoms with E-state index in [1.54, 1.807) is 22.9 Å². The Morgan fingerprint density at radius 2 is 2.10 bits per heavy atom. The molecule has 1 aliphatic rings. The van der Waals surface area contributed by atoms with Crippen LogP contribution in [0.25, 0.3) is 5.69 Å². The van der Waals surface area contributed by atoms with Crippen molar-refractivity contribution >= 4 is 14.4 Å². The van der Waals surface area contributed by atoms with Crippen LogP contribution in [0, 0.1) is 5.82 Å². The van der Waals surface area contributed by atoms with E-state index >= 15 is 0 Å². The van der Waals surface area contributed by atoms with E-state index in [1.807, 2.05) is 0 Å². The number of aliphatic hydroxyl groups excluding tert-OH is 1. The maximum Gasteiger partial charge on any atom is 0.408 e. The summed E-state index contributed by atoms with van der Waals surface area (Å²) in [7, 11) is -1.94. The molecule has 0 radical (unpaired) electrons. The molecule has 0 saturated carbocycles. The zero-order valence-corrected chi connectivity index (χ0v) is 18.4. The van der Waals surface area contributed by atoms with E-state index in [0.29, 0.717) is 17.9 Å². The van der Waals surface area contributed by atoms with Gasteiger partial charge in [0.1, 0.15) is 5.82 Å². The van der Waals surface area contributed by atoms with Gasteiger partial charge in [0.2, 0.25) is 0 Å². The van der Waals surface area contributed by atoms with Crippen LogP contribution in [0.4, 0.5) is 9.18 Å². The smallest absolute Gasteiger partial charge is 0.408 e. The molecule has 2 N–H and O–H groups in total. The minimum atomic E-state index is -1.94. The van der Waals surface area contributed by atoms with Gasteiger partial charge in [-0.05, 0) is 24.2 Å². The molecule has 0 aliphatic carbocycles. The highest BCUT2D eigenvalue weighted by atomic mass is 28.4. The monoisotopic (exact) mass is 421 g/mol. The lowest BCUT2D eigenvalue weighted by Gasteiger charge is -2.35. The standard InChI is InChI=1S/C20H28FN3O4Si/c1-20(2,3)29(4,5)27-11-13-9-24(12-22-13)18-14(7-6-8-15(18)21)17-16(10-25)28-19(26)23-17/h6-9,12,16-17,25H,10-11H2,1-5H3,(H,23,26). The van der Waals surface area contributed by atoms with Crippen molar-refractivity contribution in [3.8, 4) is 5.69 Å². The molecular weight excluding hydrogens is 393 g/mol. The van der Waals surface area contributed by atoms with Gasteiger partial charge in [-0.15, -0.1) is 0 Å². The molecule has 7 nitrogen and oxygen atoms in total. The summed E-state index contributed by atoms with van der Waals surface area (Å²) in [6, 6.07) is 3.95. The van der Waals surface area contributed by atoms with Crippen molar-refractivity contribution in [2.45, 2.75) is 57.7 Å². The number of aromatic nitrogens is 2. The molecule has 2 heterocycles. The van der Waals surface area contributed by atoms with Gasteiger partial charge in [-0.3, -0.25) is 0 Å². The Balaban J connectivity index is 1.88. The normalized spacial score (nSPS) is 19.9. The van der Waals surface area contributed by atoms with E-state index in [1.165, 1.54) is 12.4 Å². The number of rotatable bonds is 6. The summed E-state index contributed by atoms with van der Waals surface area (Å²) in [6.07, 6.45) is 1.82. The lowest BCUT2D eigenvalue weighted by atomic mass is 10.00. The number of alkyl carbamates (subject to hydrolysis) is 1. The Kier molecular flexibility index (Phi) is 5.84. The highest BCUT2D eigenvalue weighted by Crippen LogP contribution is 2.37. The lowest BCUT2D eigenvalue weighted by Crippen LogP contribution is -2.40. The summed E-state index contributed by atoms with van der Waals surface area (Å²) in [5.41, 5.74) is 1.45. The Morgan fingerprint density at radius 1 is 1.38 bits per heavy atom. The van der Waals surface area contributed by atoms with E-state index in [2.05, 4.69) is 44.2 Å². The molecule has 1 aromatic carbocycles. The zero-order chi connectivity index (χ0) is 21.4. The number of hydrogen-bond acceptors (Lipinski definition) is 5. The fourth-order valence-electron chi connectivity index (χ4n) is 2.97. The van der Waals surface area contributed by atoms with Crippen molar-refractivity contribution in [3.63, 3.8) is 0 Å². The number of imidazole rings is 1. The number of nitrogens with one attached hydrogen (secondary N) is 1. The van der Waals surface area contributed by atoms with Crippen LogP contribution in [-0.4, -0.2) is 41.8 Å². The molecule has 1 amide bonds. The average molecular weight is 422 g/mol. The van der Waals surface area contributed by atoms with E-state index in [-0.39, 0.29) is 17.3 Å². The van der Waals surface area contributed by atoms with Gasteiger partial charge in [-0.2, -0.15) is 0 Å². The van der Waals surface area contributed by atoms with Crippen molar-refractivity contribution in [1.29, 1.82) is 0 Å². The number of aliphatic hydroxyl groups is 1. The number of carbonyl (C=O) groups excluding carboxylic acids is 1. The zero-order valence-electron chi connectivity index (χ0n) is 17.4. The summed E-state index contributed by atoms with van der Waals surface area (Å²) >= 11 is 0. The van der Waals surface area contributed by atoms with Gasteiger partial charge in [0, 0.05) is 11.8 Å². The van der Waals surface area contributed by atoms with Crippen molar-refractivity contribution in [2.24, 2.45) is 0 Å². The Morgan fingerprint density at radius 3 is 2.76 bits per heavy atom. The molecule has 158 valence electrons. The van der Waals surface area contributed by atoms with Gasteiger partial charge in [-0.25, -0.2) is 14.2 Å². The van der Waals surface area contributed by atoms with Gasteiger partial charge in [0.15, 0.2) is 14.4 Å². The summed E-state index contributed by atoms with van der Waals surface area (Å²) < 4.78 is 27.6. The molecular formula is C20H28FN3O4Si. The third kappa shape index (κ3) is 4.36. The summed E-state index contributed by atoms with van der Waals surface area (Å²) in [6.45, 7) is 10.8. The number of nitrogens with zero attached hydrogens (tertiary/aromatic N) is 2. The Labute approximate surface area is 171 Å². The summed E-state index contributed by atoms with van der Waals surface area (Å²) in [5.74, 6) is -0.463. The Bertz CT molecular complexity index is 894. The van der Waals surface area contributed by atoms with Crippen LogP contribution in [0.5, 0.6) is 0 Å². The van der Waals surface area contributed by atoms with Gasteiger partial charge in [0.05, 0.1) is 37.0 Å². The van der Waals surface area contributed by atoms with Crippen LogP contribution in [0.3, 0.4) is 0 Å². The third-order valence-electron chi connectivity index (χ3n) is 5.72. The second-order valence-electron chi connectivity index (χ2n) is 8.75. The second kappa shape index (κ2) is 7.89. The first-order valence-corrected chi connectivity index (χ1v) is 12.5. The van der Waals surface area contributed by atoms with Crippen LogP contribution >= 0.6 is 0 Å². The number of carbonyl (C=O) groups is 1. The minimum absolute atomic E-state index is 0.0776. The predicted molar refractivity (Wildman–Crippen MR) is 109 cm³/mol. The SMILES string of the molecule is CC(C)(C)[Si](C)(C)OCc1cn(-c2c(F)cccc2C2NC(=O)OC2CO)cn1. The van der Waals surface area contributed by atoms with Crippen LogP contribution < -0.4 is 5.32 Å². The van der Waals surface area contributed by atoms with E-state index in [4.69, 9.17) is 9.16 Å². The molecule has 0 spiro atoms. The molecule has 29 heavy (non-hydrogen) atoms. The third-order valence-corrected chi connectivity index (χ3v) is 10.2. The first-order valence-electron chi connectivity index (χ1n) is 9.57. The van der Waals surface area contributed by atoms with Crippen LogP contribution in [0.2, 0.25) is 18.1 Å².